The average molecular weight is 279 g/mol. The minimum Gasteiger partial charge on any atom is -0.469 e. The van der Waals surface area contributed by atoms with Crippen LogP contribution in [-0.4, -0.2) is 34.9 Å². The van der Waals surface area contributed by atoms with Gasteiger partial charge in [0.05, 0.1) is 13.2 Å². The van der Waals surface area contributed by atoms with E-state index in [0.29, 0.717) is 24.8 Å². The molecule has 0 fully saturated rings. The molecule has 0 aliphatic rings. The molecule has 5 heteroatoms. The Morgan fingerprint density at radius 2 is 2.30 bits per heavy atom. The smallest absolute Gasteiger partial charge is 0.305 e. The van der Waals surface area contributed by atoms with Gasteiger partial charge in [-0.3, -0.25) is 9.78 Å². The monoisotopic (exact) mass is 279 g/mol. The van der Waals surface area contributed by atoms with Crippen molar-refractivity contribution in [2.24, 2.45) is 5.92 Å². The van der Waals surface area contributed by atoms with E-state index in [-0.39, 0.29) is 18.5 Å². The Labute approximate surface area is 118 Å². The van der Waals surface area contributed by atoms with Gasteiger partial charge in [-0.15, -0.1) is 0 Å². The summed E-state index contributed by atoms with van der Waals surface area (Å²) in [7, 11) is 1.36. The minimum absolute atomic E-state index is 0.114. The van der Waals surface area contributed by atoms with Crippen molar-refractivity contribution in [2.75, 3.05) is 13.7 Å². The minimum atomic E-state index is -0.751. The molecule has 1 aromatic heterocycles. The third kappa shape index (κ3) is 5.50. The van der Waals surface area contributed by atoms with Crippen molar-refractivity contribution in [3.63, 3.8) is 0 Å². The number of hydrogen-bond donors (Lipinski definition) is 2. The first kappa shape index (κ1) is 16.3. The number of carbonyl (C=O) groups excluding carboxylic acids is 1. The lowest BCUT2D eigenvalue weighted by Gasteiger charge is -2.19. The number of carbonyl (C=O) groups is 1. The van der Waals surface area contributed by atoms with Gasteiger partial charge >= 0.3 is 5.97 Å². The number of ether oxygens (including phenoxy) is 1. The number of hydrogen-bond acceptors (Lipinski definition) is 5. The van der Waals surface area contributed by atoms with Crippen LogP contribution in [0, 0.1) is 5.92 Å². The van der Waals surface area contributed by atoms with Gasteiger partial charge in [-0.2, -0.15) is 0 Å². The number of methoxy groups -OCH3 is 1. The van der Waals surface area contributed by atoms with E-state index >= 15 is 0 Å². The SMILES string of the molecule is COC(=O)CC/C=C\C[C@@H](CO)[C@@H](O)c1cccnc1. The summed E-state index contributed by atoms with van der Waals surface area (Å²) in [6, 6.07) is 3.53. The first-order valence-electron chi connectivity index (χ1n) is 6.59. The van der Waals surface area contributed by atoms with Gasteiger partial charge in [0.25, 0.3) is 0 Å². The molecule has 0 spiro atoms. The summed E-state index contributed by atoms with van der Waals surface area (Å²) in [4.78, 5) is 14.9. The first-order chi connectivity index (χ1) is 9.69. The summed E-state index contributed by atoms with van der Waals surface area (Å²) in [6.07, 6.45) is 7.66. The van der Waals surface area contributed by atoms with Crippen molar-refractivity contribution in [3.05, 3.63) is 42.2 Å². The van der Waals surface area contributed by atoms with Gasteiger partial charge < -0.3 is 14.9 Å². The lowest BCUT2D eigenvalue weighted by Crippen LogP contribution is -2.16. The van der Waals surface area contributed by atoms with Crippen molar-refractivity contribution >= 4 is 5.97 Å². The van der Waals surface area contributed by atoms with Crippen molar-refractivity contribution in [1.29, 1.82) is 0 Å². The zero-order valence-electron chi connectivity index (χ0n) is 11.6. The second-order valence-corrected chi connectivity index (χ2v) is 4.50. The third-order valence-electron chi connectivity index (χ3n) is 3.06. The van der Waals surface area contributed by atoms with Gasteiger partial charge in [-0.1, -0.05) is 18.2 Å². The van der Waals surface area contributed by atoms with Crippen LogP contribution in [0.25, 0.3) is 0 Å². The van der Waals surface area contributed by atoms with Crippen molar-refractivity contribution in [2.45, 2.75) is 25.4 Å². The second-order valence-electron chi connectivity index (χ2n) is 4.50. The summed E-state index contributed by atoms with van der Waals surface area (Å²) >= 11 is 0. The molecule has 0 radical (unpaired) electrons. The topological polar surface area (TPSA) is 79.7 Å². The highest BCUT2D eigenvalue weighted by molar-refractivity contribution is 5.69. The van der Waals surface area contributed by atoms with Crippen LogP contribution in [0.2, 0.25) is 0 Å². The highest BCUT2D eigenvalue weighted by atomic mass is 16.5. The van der Waals surface area contributed by atoms with Crippen molar-refractivity contribution in [1.82, 2.24) is 4.98 Å². The maximum Gasteiger partial charge on any atom is 0.305 e. The van der Waals surface area contributed by atoms with Crippen LogP contribution in [0.3, 0.4) is 0 Å². The molecule has 0 saturated carbocycles. The van der Waals surface area contributed by atoms with Gasteiger partial charge in [-0.05, 0) is 24.5 Å². The Kier molecular flexibility index (Phi) is 7.54. The molecule has 110 valence electrons. The normalized spacial score (nSPS) is 14.2. The molecule has 20 heavy (non-hydrogen) atoms. The van der Waals surface area contributed by atoms with Gasteiger partial charge in [0.2, 0.25) is 0 Å². The van der Waals surface area contributed by atoms with Crippen LogP contribution in [-0.2, 0) is 9.53 Å². The Balaban J connectivity index is 2.43. The number of aliphatic hydroxyl groups is 2. The highest BCUT2D eigenvalue weighted by Gasteiger charge is 2.18. The number of aliphatic hydroxyl groups excluding tert-OH is 2. The maximum absolute atomic E-state index is 10.9. The number of nitrogens with zero attached hydrogens (tertiary/aromatic N) is 1. The molecule has 5 nitrogen and oxygen atoms in total. The first-order valence-corrected chi connectivity index (χ1v) is 6.59. The van der Waals surface area contributed by atoms with E-state index in [1.807, 2.05) is 12.2 Å². The molecule has 0 aliphatic heterocycles. The summed E-state index contributed by atoms with van der Waals surface area (Å²) < 4.78 is 4.54. The quantitative estimate of drug-likeness (QED) is 0.558. The molecule has 2 N–H and O–H groups in total. The lowest BCUT2D eigenvalue weighted by atomic mass is 9.94. The number of aromatic nitrogens is 1. The van der Waals surface area contributed by atoms with Crippen molar-refractivity contribution < 1.29 is 19.7 Å². The van der Waals surface area contributed by atoms with Crippen LogP contribution >= 0.6 is 0 Å². The summed E-state index contributed by atoms with van der Waals surface area (Å²) in [6.45, 7) is -0.114. The Hall–Kier alpha value is -1.72. The Bertz CT molecular complexity index is 419. The fourth-order valence-corrected chi connectivity index (χ4v) is 1.82. The van der Waals surface area contributed by atoms with E-state index < -0.39 is 6.10 Å². The zero-order chi connectivity index (χ0) is 14.8. The molecular weight excluding hydrogens is 258 g/mol. The van der Waals surface area contributed by atoms with E-state index in [1.54, 1.807) is 24.5 Å². The van der Waals surface area contributed by atoms with Crippen LogP contribution in [0.5, 0.6) is 0 Å². The molecular formula is C15H21NO4. The number of rotatable bonds is 8. The second kappa shape index (κ2) is 9.23. The highest BCUT2D eigenvalue weighted by Crippen LogP contribution is 2.24. The molecule has 1 heterocycles. The van der Waals surface area contributed by atoms with E-state index in [1.165, 1.54) is 7.11 Å². The fourth-order valence-electron chi connectivity index (χ4n) is 1.82. The fraction of sp³-hybridized carbons (Fsp3) is 0.467. The van der Waals surface area contributed by atoms with Gasteiger partial charge in [0.1, 0.15) is 0 Å². The van der Waals surface area contributed by atoms with Crippen LogP contribution in [0.15, 0.2) is 36.7 Å². The predicted octanol–water partition coefficient (Wildman–Crippen LogP) is 1.62. The predicted molar refractivity (Wildman–Crippen MR) is 74.8 cm³/mol. The standard InChI is InChI=1S/C15H21NO4/c1-20-14(18)8-4-2-3-6-13(11-17)15(19)12-7-5-9-16-10-12/h2-3,5,7,9-10,13,15,17,19H,4,6,8,11H2,1H3/b3-2-/t13-,15-/m0/s1. The number of pyridine rings is 1. The molecule has 0 bridgehead atoms. The van der Waals surface area contributed by atoms with Crippen LogP contribution in [0.1, 0.15) is 30.9 Å². The Morgan fingerprint density at radius 3 is 2.90 bits per heavy atom. The molecule has 1 rings (SSSR count). The van der Waals surface area contributed by atoms with E-state index in [4.69, 9.17) is 0 Å². The number of allylic oxidation sites excluding steroid dienone is 2. The van der Waals surface area contributed by atoms with E-state index in [0.717, 1.165) is 0 Å². The van der Waals surface area contributed by atoms with Gasteiger partial charge in [0.15, 0.2) is 0 Å². The van der Waals surface area contributed by atoms with E-state index in [2.05, 4.69) is 9.72 Å². The number of esters is 1. The lowest BCUT2D eigenvalue weighted by molar-refractivity contribution is -0.140. The molecule has 0 aromatic carbocycles. The zero-order valence-corrected chi connectivity index (χ0v) is 11.6. The molecule has 0 saturated heterocycles. The maximum atomic E-state index is 10.9. The largest absolute Gasteiger partial charge is 0.469 e. The van der Waals surface area contributed by atoms with Crippen LogP contribution in [0.4, 0.5) is 0 Å². The molecule has 1 aromatic rings. The third-order valence-corrected chi connectivity index (χ3v) is 3.06. The summed E-state index contributed by atoms with van der Waals surface area (Å²) in [5.41, 5.74) is 0.689. The molecule has 0 amide bonds. The average Bonchev–Trinajstić information content (AvgIpc) is 2.50. The van der Waals surface area contributed by atoms with Crippen molar-refractivity contribution in [3.8, 4) is 0 Å². The summed E-state index contributed by atoms with van der Waals surface area (Å²) in [5, 5.41) is 19.5. The van der Waals surface area contributed by atoms with Gasteiger partial charge in [0, 0.05) is 31.3 Å². The molecule has 0 aliphatic carbocycles. The van der Waals surface area contributed by atoms with Gasteiger partial charge in [-0.25, -0.2) is 0 Å². The molecule has 0 unspecified atom stereocenters. The Morgan fingerprint density at radius 1 is 1.50 bits per heavy atom. The molecule has 2 atom stereocenters. The van der Waals surface area contributed by atoms with E-state index in [9.17, 15) is 15.0 Å². The summed E-state index contributed by atoms with van der Waals surface area (Å²) in [5.74, 6) is -0.530. The van der Waals surface area contributed by atoms with Crippen LogP contribution < -0.4 is 0 Å².